The SMILES string of the molecule is COC(=O)N[C@@H](CC(C)C)C(=O)N1CCC[C@H]1c1ncc(-c2ccc(C34CCC(c5cnc([C@@H]6CCCN6C(=O)[C@H](CC(C)C)NC(=O)OC)[nH]5)(CC3)CC4)cc2)[nH]1. The number of carbonyl (C=O) groups is 4. The third-order valence-electron chi connectivity index (χ3n) is 13.5. The fourth-order valence-corrected chi connectivity index (χ4v) is 10.3. The molecule has 2 aromatic heterocycles. The van der Waals surface area contributed by atoms with Gasteiger partial charge >= 0.3 is 12.2 Å². The van der Waals surface area contributed by atoms with Gasteiger partial charge in [0.05, 0.1) is 38.2 Å². The molecule has 8 rings (SSSR count). The lowest BCUT2D eigenvalue weighted by atomic mass is 9.51. The number of aromatic nitrogens is 4. The van der Waals surface area contributed by atoms with Crippen LogP contribution in [-0.4, -0.2) is 93.1 Å². The molecule has 314 valence electrons. The lowest BCUT2D eigenvalue weighted by Crippen LogP contribution is -2.49. The van der Waals surface area contributed by atoms with Crippen molar-refractivity contribution < 1.29 is 28.7 Å². The van der Waals surface area contributed by atoms with Crippen molar-refractivity contribution in [1.82, 2.24) is 40.4 Å². The van der Waals surface area contributed by atoms with Gasteiger partial charge in [-0.15, -0.1) is 0 Å². The minimum Gasteiger partial charge on any atom is -0.453 e. The van der Waals surface area contributed by atoms with E-state index in [-0.39, 0.29) is 46.6 Å². The second kappa shape index (κ2) is 17.1. The van der Waals surface area contributed by atoms with Gasteiger partial charge in [0.2, 0.25) is 11.8 Å². The van der Waals surface area contributed by atoms with E-state index in [0.29, 0.717) is 25.9 Å². The van der Waals surface area contributed by atoms with Crippen LogP contribution in [0.25, 0.3) is 11.3 Å². The molecule has 5 fully saturated rings. The van der Waals surface area contributed by atoms with Gasteiger partial charge in [-0.3, -0.25) is 9.59 Å². The third-order valence-corrected chi connectivity index (χ3v) is 13.5. The minimum absolute atomic E-state index is 0.0546. The highest BCUT2D eigenvalue weighted by Crippen LogP contribution is 2.58. The number of carbonyl (C=O) groups excluding carboxylic acids is 4. The summed E-state index contributed by atoms with van der Waals surface area (Å²) in [6.07, 6.45) is 13.7. The van der Waals surface area contributed by atoms with Gasteiger partial charge < -0.3 is 39.9 Å². The van der Waals surface area contributed by atoms with E-state index < -0.39 is 24.3 Å². The maximum Gasteiger partial charge on any atom is 0.407 e. The van der Waals surface area contributed by atoms with Gasteiger partial charge in [-0.1, -0.05) is 52.0 Å². The topological polar surface area (TPSA) is 175 Å². The Morgan fingerprint density at radius 1 is 0.707 bits per heavy atom. The summed E-state index contributed by atoms with van der Waals surface area (Å²) in [6.45, 7) is 9.42. The highest BCUT2D eigenvalue weighted by Gasteiger charge is 2.51. The number of fused-ring (bicyclic) bond motifs is 3. The Bertz CT molecular complexity index is 1910. The number of ether oxygens (including phenoxy) is 2. The molecule has 3 aliphatic carbocycles. The van der Waals surface area contributed by atoms with Crippen molar-refractivity contribution in [3.63, 3.8) is 0 Å². The van der Waals surface area contributed by atoms with Crippen molar-refractivity contribution >= 4 is 24.0 Å². The molecule has 0 unspecified atom stereocenters. The van der Waals surface area contributed by atoms with Crippen molar-refractivity contribution in [2.75, 3.05) is 27.3 Å². The molecule has 4 N–H and O–H groups in total. The fraction of sp³-hybridized carbons (Fsp3) is 0.636. The van der Waals surface area contributed by atoms with E-state index in [2.05, 4.69) is 44.9 Å². The van der Waals surface area contributed by atoms with Crippen LogP contribution < -0.4 is 10.6 Å². The molecule has 5 aliphatic rings. The number of imidazole rings is 2. The summed E-state index contributed by atoms with van der Waals surface area (Å²) in [5.41, 5.74) is 4.74. The van der Waals surface area contributed by atoms with Crippen LogP contribution in [-0.2, 0) is 29.9 Å². The number of hydrogen-bond donors (Lipinski definition) is 4. The number of likely N-dealkylation sites (tertiary alicyclic amines) is 2. The molecule has 58 heavy (non-hydrogen) atoms. The van der Waals surface area contributed by atoms with E-state index in [4.69, 9.17) is 19.4 Å². The van der Waals surface area contributed by atoms with Crippen LogP contribution in [0.1, 0.15) is 140 Å². The summed E-state index contributed by atoms with van der Waals surface area (Å²) >= 11 is 0. The third kappa shape index (κ3) is 8.34. The van der Waals surface area contributed by atoms with E-state index in [9.17, 15) is 19.2 Å². The summed E-state index contributed by atoms with van der Waals surface area (Å²) in [5, 5.41) is 5.52. The average Bonchev–Trinajstić information content (AvgIpc) is 4.07. The number of methoxy groups -OCH3 is 2. The van der Waals surface area contributed by atoms with Crippen LogP contribution in [0.5, 0.6) is 0 Å². The Labute approximate surface area is 342 Å². The predicted molar refractivity (Wildman–Crippen MR) is 219 cm³/mol. The van der Waals surface area contributed by atoms with Crippen LogP contribution in [0.2, 0.25) is 0 Å². The molecule has 4 amide bonds. The zero-order valence-electron chi connectivity index (χ0n) is 35.1. The molecule has 3 aromatic rings. The Morgan fingerprint density at radius 2 is 1.17 bits per heavy atom. The van der Waals surface area contributed by atoms with Crippen molar-refractivity contribution in [2.24, 2.45) is 11.8 Å². The molecule has 0 radical (unpaired) electrons. The fourth-order valence-electron chi connectivity index (χ4n) is 10.3. The molecule has 2 aliphatic heterocycles. The van der Waals surface area contributed by atoms with Crippen molar-refractivity contribution in [1.29, 1.82) is 0 Å². The molecule has 14 nitrogen and oxygen atoms in total. The van der Waals surface area contributed by atoms with Crippen LogP contribution in [0.4, 0.5) is 9.59 Å². The molecular weight excluding hydrogens is 737 g/mol. The first-order chi connectivity index (χ1) is 27.8. The quantitative estimate of drug-likeness (QED) is 0.140. The molecule has 0 spiro atoms. The van der Waals surface area contributed by atoms with Crippen LogP contribution >= 0.6 is 0 Å². The molecule has 4 atom stereocenters. The van der Waals surface area contributed by atoms with Crippen molar-refractivity contribution in [3.8, 4) is 11.3 Å². The molecule has 2 bridgehead atoms. The highest BCUT2D eigenvalue weighted by molar-refractivity contribution is 5.87. The van der Waals surface area contributed by atoms with Gasteiger partial charge in [0, 0.05) is 30.4 Å². The van der Waals surface area contributed by atoms with Gasteiger partial charge in [0.1, 0.15) is 23.7 Å². The molecular formula is C44H62N8O6. The Kier molecular flexibility index (Phi) is 12.2. The molecule has 3 saturated carbocycles. The zero-order valence-corrected chi connectivity index (χ0v) is 35.1. The first-order valence-corrected chi connectivity index (χ1v) is 21.4. The maximum absolute atomic E-state index is 13.8. The number of amides is 4. The molecule has 14 heteroatoms. The van der Waals surface area contributed by atoms with Gasteiger partial charge in [0.25, 0.3) is 0 Å². The number of nitrogens with zero attached hydrogens (tertiary/aromatic N) is 4. The van der Waals surface area contributed by atoms with E-state index in [1.165, 1.54) is 25.5 Å². The van der Waals surface area contributed by atoms with E-state index in [1.807, 2.05) is 49.9 Å². The summed E-state index contributed by atoms with van der Waals surface area (Å²) in [7, 11) is 2.63. The number of alkyl carbamates (subject to hydrolysis) is 2. The number of aromatic amines is 2. The number of rotatable bonds is 13. The lowest BCUT2D eigenvalue weighted by Gasteiger charge is -2.53. The Morgan fingerprint density at radius 3 is 1.66 bits per heavy atom. The summed E-state index contributed by atoms with van der Waals surface area (Å²) < 4.78 is 9.64. The van der Waals surface area contributed by atoms with Crippen LogP contribution in [0, 0.1) is 11.8 Å². The van der Waals surface area contributed by atoms with E-state index >= 15 is 0 Å². The number of H-pyrrole nitrogens is 2. The first kappa shape index (κ1) is 41.3. The largest absolute Gasteiger partial charge is 0.453 e. The Balaban J connectivity index is 0.990. The van der Waals surface area contributed by atoms with Gasteiger partial charge in [-0.25, -0.2) is 19.6 Å². The van der Waals surface area contributed by atoms with Crippen LogP contribution in [0.3, 0.4) is 0 Å². The average molecular weight is 799 g/mol. The van der Waals surface area contributed by atoms with Gasteiger partial charge in [0.15, 0.2) is 0 Å². The van der Waals surface area contributed by atoms with Gasteiger partial charge in [-0.05, 0) is 105 Å². The minimum atomic E-state index is -0.650. The molecule has 4 heterocycles. The van der Waals surface area contributed by atoms with E-state index in [0.717, 1.165) is 87.1 Å². The summed E-state index contributed by atoms with van der Waals surface area (Å²) in [4.78, 5) is 72.3. The lowest BCUT2D eigenvalue weighted by molar-refractivity contribution is -0.135. The smallest absolute Gasteiger partial charge is 0.407 e. The summed E-state index contributed by atoms with van der Waals surface area (Å²) in [5.74, 6) is 1.88. The normalized spacial score (nSPS) is 25.2. The second-order valence-electron chi connectivity index (χ2n) is 18.0. The van der Waals surface area contributed by atoms with Gasteiger partial charge in [-0.2, -0.15) is 0 Å². The van der Waals surface area contributed by atoms with Crippen molar-refractivity contribution in [2.45, 2.75) is 140 Å². The molecule has 2 saturated heterocycles. The maximum atomic E-state index is 13.8. The first-order valence-electron chi connectivity index (χ1n) is 21.4. The number of benzene rings is 1. The highest BCUT2D eigenvalue weighted by atomic mass is 16.5. The Hall–Kier alpha value is -4.88. The van der Waals surface area contributed by atoms with E-state index in [1.54, 1.807) is 0 Å². The number of hydrogen-bond acceptors (Lipinski definition) is 8. The monoisotopic (exact) mass is 798 g/mol. The summed E-state index contributed by atoms with van der Waals surface area (Å²) in [6, 6.07) is 7.35. The number of nitrogens with one attached hydrogen (secondary N) is 4. The van der Waals surface area contributed by atoms with Crippen LogP contribution in [0.15, 0.2) is 36.7 Å². The second-order valence-corrected chi connectivity index (χ2v) is 18.0. The predicted octanol–water partition coefficient (Wildman–Crippen LogP) is 7.21. The molecule has 1 aromatic carbocycles. The zero-order chi connectivity index (χ0) is 41.2. The van der Waals surface area contributed by atoms with Crippen molar-refractivity contribution in [3.05, 3.63) is 59.6 Å². The standard InChI is InChI=1S/C44H62N8O6/c1-27(2)23-31(48-41(55)57-5)39(53)51-21-7-9-34(51)37-45-25-33(47-37)29-11-13-30(14-12-29)43-15-18-44(19-16-43,20-17-43)36-26-46-38(50-36)35-10-8-22-52(35)40(54)32(24-28(3)4)49-42(56)58-6/h11-14,25-28,31-32,34-35H,7-10,15-24H2,1-6H3,(H,45,47)(H,46,50)(H,48,55)(H,49,56)/t31-,32-,34-,35-,43?,44?/m0/s1.